The molecule has 1 aliphatic rings. The van der Waals surface area contributed by atoms with Crippen LogP contribution in [0.2, 0.25) is 0 Å². The predicted octanol–water partition coefficient (Wildman–Crippen LogP) is 2.54. The van der Waals surface area contributed by atoms with Crippen LogP contribution in [0.4, 0.5) is 0 Å². The molecular formula is C15H19BrN2O. The van der Waals surface area contributed by atoms with Crippen LogP contribution in [0.3, 0.4) is 0 Å². The highest BCUT2D eigenvalue weighted by atomic mass is 79.9. The minimum absolute atomic E-state index is 0.0978. The van der Waals surface area contributed by atoms with E-state index < -0.39 is 0 Å². The standard InChI is InChI=1S/C15H19BrN2O/c1-12-3-4-13(14(16)11-12)5-6-15(19)18-9-7-17(2)8-10-18/h3-6,11H,7-10H2,1-2H3. The fourth-order valence-corrected chi connectivity index (χ4v) is 2.69. The first kappa shape index (κ1) is 14.3. The predicted molar refractivity (Wildman–Crippen MR) is 82.0 cm³/mol. The second-order valence-corrected chi connectivity index (χ2v) is 5.84. The van der Waals surface area contributed by atoms with Gasteiger partial charge in [0, 0.05) is 36.7 Å². The van der Waals surface area contributed by atoms with Crippen molar-refractivity contribution in [3.63, 3.8) is 0 Å². The molecule has 0 atom stereocenters. The van der Waals surface area contributed by atoms with E-state index in [0.717, 1.165) is 36.2 Å². The van der Waals surface area contributed by atoms with E-state index in [-0.39, 0.29) is 5.91 Å². The van der Waals surface area contributed by atoms with Gasteiger partial charge in [-0.15, -0.1) is 0 Å². The number of nitrogens with zero attached hydrogens (tertiary/aromatic N) is 2. The molecule has 0 aliphatic carbocycles. The third-order valence-electron chi connectivity index (χ3n) is 3.38. The van der Waals surface area contributed by atoms with E-state index in [9.17, 15) is 4.79 Å². The van der Waals surface area contributed by atoms with Gasteiger partial charge in [0.25, 0.3) is 0 Å². The van der Waals surface area contributed by atoms with Gasteiger partial charge in [-0.3, -0.25) is 4.79 Å². The molecule has 2 rings (SSSR count). The first-order valence-electron chi connectivity index (χ1n) is 6.48. The number of piperazine rings is 1. The Morgan fingerprint density at radius 3 is 2.58 bits per heavy atom. The molecule has 1 aromatic rings. The normalized spacial score (nSPS) is 17.1. The fourth-order valence-electron chi connectivity index (χ4n) is 2.06. The van der Waals surface area contributed by atoms with Gasteiger partial charge in [-0.25, -0.2) is 0 Å². The van der Waals surface area contributed by atoms with Crippen molar-refractivity contribution in [2.24, 2.45) is 0 Å². The van der Waals surface area contributed by atoms with E-state index in [4.69, 9.17) is 0 Å². The maximum Gasteiger partial charge on any atom is 0.246 e. The van der Waals surface area contributed by atoms with Gasteiger partial charge >= 0.3 is 0 Å². The highest BCUT2D eigenvalue weighted by molar-refractivity contribution is 9.10. The summed E-state index contributed by atoms with van der Waals surface area (Å²) in [5, 5.41) is 0. The number of likely N-dealkylation sites (N-methyl/N-ethyl adjacent to an activating group) is 1. The summed E-state index contributed by atoms with van der Waals surface area (Å²) in [5.41, 5.74) is 2.24. The highest BCUT2D eigenvalue weighted by Gasteiger charge is 2.16. The molecule has 1 heterocycles. The second kappa shape index (κ2) is 6.35. The van der Waals surface area contributed by atoms with Crippen LogP contribution in [0.5, 0.6) is 0 Å². The SMILES string of the molecule is Cc1ccc(C=CC(=O)N2CCN(C)CC2)c(Br)c1. The summed E-state index contributed by atoms with van der Waals surface area (Å²) in [7, 11) is 2.08. The van der Waals surface area contributed by atoms with E-state index >= 15 is 0 Å². The Labute approximate surface area is 123 Å². The molecule has 1 fully saturated rings. The molecule has 102 valence electrons. The minimum atomic E-state index is 0.0978. The molecule has 0 saturated carbocycles. The number of rotatable bonds is 2. The topological polar surface area (TPSA) is 23.6 Å². The highest BCUT2D eigenvalue weighted by Crippen LogP contribution is 2.19. The molecule has 0 radical (unpaired) electrons. The monoisotopic (exact) mass is 322 g/mol. The summed E-state index contributed by atoms with van der Waals surface area (Å²) in [6.45, 7) is 5.58. The van der Waals surface area contributed by atoms with Crippen molar-refractivity contribution in [1.82, 2.24) is 9.80 Å². The van der Waals surface area contributed by atoms with Crippen LogP contribution in [0.25, 0.3) is 6.08 Å². The zero-order valence-electron chi connectivity index (χ0n) is 11.4. The Morgan fingerprint density at radius 1 is 1.26 bits per heavy atom. The largest absolute Gasteiger partial charge is 0.337 e. The van der Waals surface area contributed by atoms with Crippen LogP contribution in [0, 0.1) is 6.92 Å². The Morgan fingerprint density at radius 2 is 1.95 bits per heavy atom. The van der Waals surface area contributed by atoms with E-state index in [0.29, 0.717) is 0 Å². The lowest BCUT2D eigenvalue weighted by molar-refractivity contribution is -0.127. The van der Waals surface area contributed by atoms with Crippen LogP contribution in [-0.2, 0) is 4.79 Å². The maximum atomic E-state index is 12.1. The molecule has 0 N–H and O–H groups in total. The van der Waals surface area contributed by atoms with Gasteiger partial charge in [0.2, 0.25) is 5.91 Å². The quantitative estimate of drug-likeness (QED) is 0.781. The molecule has 1 aromatic carbocycles. The number of carbonyl (C=O) groups is 1. The lowest BCUT2D eigenvalue weighted by Crippen LogP contribution is -2.46. The summed E-state index contributed by atoms with van der Waals surface area (Å²) in [5.74, 6) is 0.0978. The fraction of sp³-hybridized carbons (Fsp3) is 0.400. The lowest BCUT2D eigenvalue weighted by atomic mass is 10.1. The molecule has 1 aliphatic heterocycles. The van der Waals surface area contributed by atoms with Gasteiger partial charge in [0.15, 0.2) is 0 Å². The first-order chi connectivity index (χ1) is 9.06. The molecule has 1 saturated heterocycles. The maximum absolute atomic E-state index is 12.1. The van der Waals surface area contributed by atoms with Gasteiger partial charge in [0.1, 0.15) is 0 Å². The number of aryl methyl sites for hydroxylation is 1. The molecule has 19 heavy (non-hydrogen) atoms. The number of amides is 1. The van der Waals surface area contributed by atoms with Crippen LogP contribution < -0.4 is 0 Å². The Balaban J connectivity index is 2.00. The molecule has 0 unspecified atom stereocenters. The molecule has 4 heteroatoms. The summed E-state index contributed by atoms with van der Waals surface area (Å²) in [6, 6.07) is 6.12. The smallest absolute Gasteiger partial charge is 0.246 e. The molecule has 0 aromatic heterocycles. The van der Waals surface area contributed by atoms with Crippen molar-refractivity contribution in [1.29, 1.82) is 0 Å². The van der Waals surface area contributed by atoms with Crippen molar-refractivity contribution in [2.75, 3.05) is 33.2 Å². The van der Waals surface area contributed by atoms with Gasteiger partial charge in [-0.2, -0.15) is 0 Å². The summed E-state index contributed by atoms with van der Waals surface area (Å²) in [4.78, 5) is 16.2. The Hall–Kier alpha value is -1.13. The number of carbonyl (C=O) groups excluding carboxylic acids is 1. The van der Waals surface area contributed by atoms with E-state index in [1.807, 2.05) is 30.0 Å². The van der Waals surface area contributed by atoms with Gasteiger partial charge < -0.3 is 9.80 Å². The Bertz CT molecular complexity index is 491. The van der Waals surface area contributed by atoms with Crippen molar-refractivity contribution in [2.45, 2.75) is 6.92 Å². The number of hydrogen-bond acceptors (Lipinski definition) is 2. The van der Waals surface area contributed by atoms with Crippen molar-refractivity contribution in [3.8, 4) is 0 Å². The zero-order chi connectivity index (χ0) is 13.8. The molecule has 0 bridgehead atoms. The van der Waals surface area contributed by atoms with Crippen LogP contribution >= 0.6 is 15.9 Å². The van der Waals surface area contributed by atoms with E-state index in [1.54, 1.807) is 6.08 Å². The molecular weight excluding hydrogens is 304 g/mol. The molecule has 1 amide bonds. The minimum Gasteiger partial charge on any atom is -0.337 e. The lowest BCUT2D eigenvalue weighted by Gasteiger charge is -2.31. The number of halogens is 1. The summed E-state index contributed by atoms with van der Waals surface area (Å²) < 4.78 is 1.02. The molecule has 0 spiro atoms. The van der Waals surface area contributed by atoms with Crippen LogP contribution in [-0.4, -0.2) is 48.9 Å². The van der Waals surface area contributed by atoms with Crippen LogP contribution in [0.1, 0.15) is 11.1 Å². The third kappa shape index (κ3) is 3.91. The summed E-state index contributed by atoms with van der Waals surface area (Å²) in [6.07, 6.45) is 3.55. The van der Waals surface area contributed by atoms with E-state index in [1.165, 1.54) is 5.56 Å². The zero-order valence-corrected chi connectivity index (χ0v) is 13.0. The third-order valence-corrected chi connectivity index (χ3v) is 4.06. The van der Waals surface area contributed by atoms with Crippen LogP contribution in [0.15, 0.2) is 28.7 Å². The first-order valence-corrected chi connectivity index (χ1v) is 7.27. The number of benzene rings is 1. The van der Waals surface area contributed by atoms with Gasteiger partial charge in [-0.05, 0) is 37.2 Å². The molecule has 3 nitrogen and oxygen atoms in total. The summed E-state index contributed by atoms with van der Waals surface area (Å²) >= 11 is 3.52. The van der Waals surface area contributed by atoms with Crippen molar-refractivity contribution < 1.29 is 4.79 Å². The second-order valence-electron chi connectivity index (χ2n) is 4.99. The average Bonchev–Trinajstić information content (AvgIpc) is 2.38. The van der Waals surface area contributed by atoms with Gasteiger partial charge in [0.05, 0.1) is 0 Å². The Kier molecular flexibility index (Phi) is 4.77. The van der Waals surface area contributed by atoms with E-state index in [2.05, 4.69) is 33.9 Å². The van der Waals surface area contributed by atoms with Gasteiger partial charge in [-0.1, -0.05) is 28.1 Å². The van der Waals surface area contributed by atoms with Crippen molar-refractivity contribution >= 4 is 27.9 Å². The van der Waals surface area contributed by atoms with Crippen molar-refractivity contribution in [3.05, 3.63) is 39.9 Å². The average molecular weight is 323 g/mol. The number of hydrogen-bond donors (Lipinski definition) is 0.